The van der Waals surface area contributed by atoms with Gasteiger partial charge in [-0.1, -0.05) is 12.1 Å². The largest absolute Gasteiger partial charge is 0.481 e. The van der Waals surface area contributed by atoms with E-state index in [1.807, 2.05) is 0 Å². The van der Waals surface area contributed by atoms with E-state index in [0.29, 0.717) is 11.6 Å². The normalized spacial score (nSPS) is 12.2. The van der Waals surface area contributed by atoms with Crippen LogP contribution in [0.4, 0.5) is 8.78 Å². The van der Waals surface area contributed by atoms with Gasteiger partial charge in [0.25, 0.3) is 0 Å². The molecule has 0 saturated heterocycles. The van der Waals surface area contributed by atoms with E-state index < -0.39 is 17.7 Å². The monoisotopic (exact) mass is 266 g/mol. The number of nitrogens with zero attached hydrogens (tertiary/aromatic N) is 2. The molecule has 0 radical (unpaired) electrons. The maximum absolute atomic E-state index is 13.5. The van der Waals surface area contributed by atoms with Crippen molar-refractivity contribution in [1.82, 2.24) is 9.97 Å². The van der Waals surface area contributed by atoms with Crippen molar-refractivity contribution >= 4 is 0 Å². The zero-order chi connectivity index (χ0) is 13.8. The Labute approximate surface area is 108 Å². The first-order chi connectivity index (χ1) is 9.11. The van der Waals surface area contributed by atoms with Crippen LogP contribution in [-0.4, -0.2) is 22.2 Å². The van der Waals surface area contributed by atoms with Crippen molar-refractivity contribution in [3.63, 3.8) is 0 Å². The third-order valence-corrected chi connectivity index (χ3v) is 2.65. The van der Waals surface area contributed by atoms with Crippen LogP contribution >= 0.6 is 0 Å². The summed E-state index contributed by atoms with van der Waals surface area (Å²) in [5.74, 6) is -1.69. The third-order valence-electron chi connectivity index (χ3n) is 2.65. The third kappa shape index (κ3) is 3.03. The van der Waals surface area contributed by atoms with Crippen LogP contribution in [0.15, 0.2) is 30.6 Å². The maximum Gasteiger partial charge on any atom is 0.216 e. The van der Waals surface area contributed by atoms with E-state index in [2.05, 4.69) is 9.97 Å². The summed E-state index contributed by atoms with van der Waals surface area (Å²) in [5.41, 5.74) is 0.376. The summed E-state index contributed by atoms with van der Waals surface area (Å²) in [4.78, 5) is 7.76. The molecule has 0 aliphatic carbocycles. The van der Waals surface area contributed by atoms with Gasteiger partial charge in [0.15, 0.2) is 11.6 Å². The maximum atomic E-state index is 13.5. The highest BCUT2D eigenvalue weighted by atomic mass is 19.2. The molecule has 1 aromatic carbocycles. The van der Waals surface area contributed by atoms with E-state index in [9.17, 15) is 13.9 Å². The molecular formula is C13H12F2N2O2. The summed E-state index contributed by atoms with van der Waals surface area (Å²) in [5, 5.41) is 9.93. The smallest absolute Gasteiger partial charge is 0.216 e. The number of methoxy groups -OCH3 is 1. The fraction of sp³-hybridized carbons (Fsp3) is 0.231. The molecule has 4 nitrogen and oxygen atoms in total. The molecule has 0 aliphatic heterocycles. The molecule has 0 fully saturated rings. The van der Waals surface area contributed by atoms with Gasteiger partial charge in [0.05, 0.1) is 18.9 Å². The Bertz CT molecular complexity index is 578. The van der Waals surface area contributed by atoms with Crippen LogP contribution in [0.5, 0.6) is 5.88 Å². The summed E-state index contributed by atoms with van der Waals surface area (Å²) < 4.78 is 31.5. The number of hydrogen-bond donors (Lipinski definition) is 1. The second kappa shape index (κ2) is 5.71. The first-order valence-corrected chi connectivity index (χ1v) is 5.58. The Hall–Kier alpha value is -2.08. The van der Waals surface area contributed by atoms with Crippen molar-refractivity contribution in [3.8, 4) is 5.88 Å². The average Bonchev–Trinajstić information content (AvgIpc) is 2.42. The molecule has 0 bridgehead atoms. The molecule has 1 N–H and O–H groups in total. The van der Waals surface area contributed by atoms with Crippen LogP contribution in [0.2, 0.25) is 0 Å². The summed E-state index contributed by atoms with van der Waals surface area (Å²) >= 11 is 0. The van der Waals surface area contributed by atoms with Gasteiger partial charge in [-0.2, -0.15) is 0 Å². The first kappa shape index (κ1) is 13.4. The second-order valence-electron chi connectivity index (χ2n) is 3.91. The molecule has 19 heavy (non-hydrogen) atoms. The van der Waals surface area contributed by atoms with E-state index in [1.165, 1.54) is 31.6 Å². The molecule has 2 aromatic rings. The molecule has 6 heteroatoms. The van der Waals surface area contributed by atoms with Gasteiger partial charge >= 0.3 is 0 Å². The van der Waals surface area contributed by atoms with E-state index in [1.54, 1.807) is 0 Å². The van der Waals surface area contributed by atoms with Gasteiger partial charge in [-0.15, -0.1) is 0 Å². The molecule has 2 rings (SSSR count). The van der Waals surface area contributed by atoms with Crippen LogP contribution < -0.4 is 4.74 Å². The summed E-state index contributed by atoms with van der Waals surface area (Å²) in [6.45, 7) is 0. The fourth-order valence-electron chi connectivity index (χ4n) is 1.69. The number of ether oxygens (including phenoxy) is 1. The Kier molecular flexibility index (Phi) is 4.01. The van der Waals surface area contributed by atoms with Crippen LogP contribution in [0.3, 0.4) is 0 Å². The van der Waals surface area contributed by atoms with E-state index in [-0.39, 0.29) is 12.0 Å². The van der Waals surface area contributed by atoms with Gasteiger partial charge in [-0.3, -0.25) is 0 Å². The zero-order valence-electron chi connectivity index (χ0n) is 10.2. The van der Waals surface area contributed by atoms with Gasteiger partial charge in [0, 0.05) is 18.1 Å². The molecule has 100 valence electrons. The highest BCUT2D eigenvalue weighted by Crippen LogP contribution is 2.22. The Balaban J connectivity index is 2.20. The number of aliphatic hydroxyl groups excluding tert-OH is 1. The van der Waals surface area contributed by atoms with Crippen molar-refractivity contribution in [2.75, 3.05) is 7.11 Å². The standard InChI is InChI=1S/C13H12F2N2O2/c1-19-12-6-8(16-7-17-12)5-11(18)9-3-2-4-10(14)13(9)15/h2-4,6-7,11,18H,5H2,1H3. The van der Waals surface area contributed by atoms with E-state index >= 15 is 0 Å². The summed E-state index contributed by atoms with van der Waals surface area (Å²) in [6.07, 6.45) is 0.137. The first-order valence-electron chi connectivity index (χ1n) is 5.58. The number of benzene rings is 1. The average molecular weight is 266 g/mol. The quantitative estimate of drug-likeness (QED) is 0.920. The number of aliphatic hydroxyl groups is 1. The Morgan fingerprint density at radius 3 is 2.84 bits per heavy atom. The fourth-order valence-corrected chi connectivity index (χ4v) is 1.69. The van der Waals surface area contributed by atoms with Gasteiger partial charge < -0.3 is 9.84 Å². The molecule has 1 atom stereocenters. The van der Waals surface area contributed by atoms with Crippen molar-refractivity contribution in [3.05, 3.63) is 53.5 Å². The molecule has 1 heterocycles. The highest BCUT2D eigenvalue weighted by molar-refractivity contribution is 5.23. The van der Waals surface area contributed by atoms with Gasteiger partial charge in [0.2, 0.25) is 5.88 Å². The number of aromatic nitrogens is 2. The Morgan fingerprint density at radius 1 is 1.32 bits per heavy atom. The molecular weight excluding hydrogens is 254 g/mol. The van der Waals surface area contributed by atoms with Crippen LogP contribution in [0, 0.1) is 11.6 Å². The van der Waals surface area contributed by atoms with Gasteiger partial charge in [-0.25, -0.2) is 18.7 Å². The lowest BCUT2D eigenvalue weighted by atomic mass is 10.0. The van der Waals surface area contributed by atoms with Crippen molar-refractivity contribution in [1.29, 1.82) is 0 Å². The minimum absolute atomic E-state index is 0.0409. The van der Waals surface area contributed by atoms with Crippen LogP contribution in [0.1, 0.15) is 17.4 Å². The van der Waals surface area contributed by atoms with E-state index in [0.717, 1.165) is 6.07 Å². The predicted octanol–water partition coefficient (Wildman–Crippen LogP) is 2.04. The molecule has 0 saturated carbocycles. The zero-order valence-corrected chi connectivity index (χ0v) is 10.2. The Morgan fingerprint density at radius 2 is 2.11 bits per heavy atom. The van der Waals surface area contributed by atoms with Crippen molar-refractivity contribution in [2.45, 2.75) is 12.5 Å². The van der Waals surface area contributed by atoms with Gasteiger partial charge in [-0.05, 0) is 6.07 Å². The molecule has 0 amide bonds. The lowest BCUT2D eigenvalue weighted by Gasteiger charge is -2.12. The summed E-state index contributed by atoms with van der Waals surface area (Å²) in [7, 11) is 1.45. The van der Waals surface area contributed by atoms with E-state index in [4.69, 9.17) is 4.74 Å². The van der Waals surface area contributed by atoms with Crippen molar-refractivity contribution < 1.29 is 18.6 Å². The van der Waals surface area contributed by atoms with Crippen LogP contribution in [-0.2, 0) is 6.42 Å². The second-order valence-corrected chi connectivity index (χ2v) is 3.91. The minimum Gasteiger partial charge on any atom is -0.481 e. The number of halogens is 2. The van der Waals surface area contributed by atoms with Crippen LogP contribution in [0.25, 0.3) is 0 Å². The molecule has 1 aromatic heterocycles. The lowest BCUT2D eigenvalue weighted by molar-refractivity contribution is 0.171. The SMILES string of the molecule is COc1cc(CC(O)c2cccc(F)c2F)ncn1. The topological polar surface area (TPSA) is 55.2 Å². The predicted molar refractivity (Wildman–Crippen MR) is 63.6 cm³/mol. The minimum atomic E-state index is -1.18. The summed E-state index contributed by atoms with van der Waals surface area (Å²) in [6, 6.07) is 5.21. The van der Waals surface area contributed by atoms with Gasteiger partial charge in [0.1, 0.15) is 6.33 Å². The molecule has 0 aliphatic rings. The number of rotatable bonds is 4. The number of hydrogen-bond acceptors (Lipinski definition) is 4. The molecule has 1 unspecified atom stereocenters. The highest BCUT2D eigenvalue weighted by Gasteiger charge is 2.17. The van der Waals surface area contributed by atoms with Crippen molar-refractivity contribution in [2.24, 2.45) is 0 Å². The molecule has 0 spiro atoms. The lowest BCUT2D eigenvalue weighted by Crippen LogP contribution is -2.07.